The third-order valence-electron chi connectivity index (χ3n) is 4.76. The van der Waals surface area contributed by atoms with Gasteiger partial charge in [0.1, 0.15) is 5.66 Å². The molecule has 0 amide bonds. The molecule has 0 heterocycles. The van der Waals surface area contributed by atoms with Gasteiger partial charge in [-0.2, -0.15) is 10.5 Å². The van der Waals surface area contributed by atoms with Crippen molar-refractivity contribution in [2.75, 3.05) is 21.3 Å². The summed E-state index contributed by atoms with van der Waals surface area (Å²) in [4.78, 5) is 11.7. The lowest BCUT2D eigenvalue weighted by Crippen LogP contribution is -2.40. The van der Waals surface area contributed by atoms with E-state index in [9.17, 15) is 19.9 Å². The summed E-state index contributed by atoms with van der Waals surface area (Å²) >= 11 is 0. The number of carbonyl (C=O) groups excluding carboxylic acids is 1. The molecule has 0 fully saturated rings. The van der Waals surface area contributed by atoms with E-state index in [1.807, 2.05) is 12.1 Å². The Hall–Kier alpha value is -2.44. The van der Waals surface area contributed by atoms with Gasteiger partial charge in [0.05, 0.1) is 24.8 Å². The second kappa shape index (κ2) is 8.50. The first-order valence-corrected chi connectivity index (χ1v) is 9.59. The number of carbonyl (C=O) groups is 1. The molecule has 1 atom stereocenters. The predicted octanol–water partition coefficient (Wildman–Crippen LogP) is 4.25. The van der Waals surface area contributed by atoms with Gasteiger partial charge in [-0.15, -0.1) is 6.58 Å². The molecule has 0 aliphatic carbocycles. The van der Waals surface area contributed by atoms with Gasteiger partial charge in [-0.3, -0.25) is 4.57 Å². The van der Waals surface area contributed by atoms with Crippen LogP contribution in [0.3, 0.4) is 0 Å². The first-order valence-electron chi connectivity index (χ1n) is 7.98. The van der Waals surface area contributed by atoms with Crippen molar-refractivity contribution in [1.82, 2.24) is 0 Å². The number of nitrogens with zero attached hydrogens (tertiary/aromatic N) is 2. The summed E-state index contributed by atoms with van der Waals surface area (Å²) in [5.41, 5.74) is -3.49. The zero-order chi connectivity index (χ0) is 20.9. The Morgan fingerprint density at radius 2 is 1.63 bits per heavy atom. The van der Waals surface area contributed by atoms with E-state index in [2.05, 4.69) is 11.3 Å². The van der Waals surface area contributed by atoms with Crippen LogP contribution >= 0.6 is 7.60 Å². The lowest BCUT2D eigenvalue weighted by atomic mass is 9.64. The van der Waals surface area contributed by atoms with Crippen molar-refractivity contribution >= 4 is 13.6 Å². The summed E-state index contributed by atoms with van der Waals surface area (Å²) in [7, 11) is -0.286. The maximum Gasteiger partial charge on any atom is 0.340 e. The number of methoxy groups -OCH3 is 1. The molecule has 0 unspecified atom stereocenters. The second-order valence-corrected chi connectivity index (χ2v) is 8.70. The third kappa shape index (κ3) is 3.82. The second-order valence-electron chi connectivity index (χ2n) is 6.38. The summed E-state index contributed by atoms with van der Waals surface area (Å²) in [6, 6.07) is 9.98. The van der Waals surface area contributed by atoms with Crippen LogP contribution < -0.4 is 0 Å². The van der Waals surface area contributed by atoms with Gasteiger partial charge in [0.25, 0.3) is 0 Å². The minimum atomic E-state index is -3.93. The number of ether oxygens (including phenoxy) is 1. The summed E-state index contributed by atoms with van der Waals surface area (Å²) in [5.74, 6) is -0.544. The number of nitriles is 2. The molecule has 1 rings (SSSR count). The van der Waals surface area contributed by atoms with Gasteiger partial charge >= 0.3 is 13.6 Å². The Labute approximate surface area is 159 Å². The van der Waals surface area contributed by atoms with Crippen molar-refractivity contribution in [2.45, 2.75) is 19.5 Å². The van der Waals surface area contributed by atoms with Gasteiger partial charge < -0.3 is 13.8 Å². The molecule has 0 saturated carbocycles. The van der Waals surface area contributed by atoms with Crippen molar-refractivity contribution in [3.05, 3.63) is 48.0 Å². The Balaban J connectivity index is 3.81. The standard InChI is InChI=1S/C19H23N2O5P/c1-7-18(2,3)19(12-20,13-21)16(27(23,25-5)26-6)14-8-10-15(11-9-14)17(22)24-4/h7-11,16H,1H2,2-6H3/t16-/m1/s1. The summed E-state index contributed by atoms with van der Waals surface area (Å²) < 4.78 is 28.4. The lowest BCUT2D eigenvalue weighted by molar-refractivity contribution is 0.0600. The average Bonchev–Trinajstić information content (AvgIpc) is 2.70. The van der Waals surface area contributed by atoms with Crippen LogP contribution in [0.1, 0.15) is 35.4 Å². The van der Waals surface area contributed by atoms with E-state index in [0.29, 0.717) is 5.56 Å². The van der Waals surface area contributed by atoms with Crippen LogP contribution in [0.2, 0.25) is 0 Å². The molecular formula is C19H23N2O5P. The topological polar surface area (TPSA) is 109 Å². The molecule has 1 aromatic carbocycles. The molecule has 0 saturated heterocycles. The SMILES string of the molecule is C=CC(C)(C)C(C#N)(C#N)[C@@H](c1ccc(C(=O)OC)cc1)P(=O)(OC)OC. The minimum absolute atomic E-state index is 0.271. The third-order valence-corrected chi connectivity index (χ3v) is 7.10. The highest BCUT2D eigenvalue weighted by Crippen LogP contribution is 2.69. The fourth-order valence-electron chi connectivity index (χ4n) is 2.82. The lowest BCUT2D eigenvalue weighted by Gasteiger charge is -2.41. The fourth-order valence-corrected chi connectivity index (χ4v) is 4.85. The average molecular weight is 390 g/mol. The fraction of sp³-hybridized carbons (Fsp3) is 0.421. The van der Waals surface area contributed by atoms with Crippen molar-refractivity contribution in [3.63, 3.8) is 0 Å². The molecule has 27 heavy (non-hydrogen) atoms. The molecule has 144 valence electrons. The predicted molar refractivity (Wildman–Crippen MR) is 99.8 cm³/mol. The molecule has 8 heteroatoms. The van der Waals surface area contributed by atoms with Gasteiger partial charge in [0.2, 0.25) is 0 Å². The van der Waals surface area contributed by atoms with E-state index in [4.69, 9.17) is 9.05 Å². The molecule has 0 bridgehead atoms. The maximum atomic E-state index is 13.4. The van der Waals surface area contributed by atoms with E-state index in [1.165, 1.54) is 51.7 Å². The summed E-state index contributed by atoms with van der Waals surface area (Å²) in [6.07, 6.45) is 1.46. The van der Waals surface area contributed by atoms with Crippen molar-refractivity contribution in [3.8, 4) is 12.1 Å². The Kier molecular flexibility index (Phi) is 7.11. The molecule has 0 aromatic heterocycles. The maximum absolute atomic E-state index is 13.4. The smallest absolute Gasteiger partial charge is 0.340 e. The van der Waals surface area contributed by atoms with E-state index in [0.717, 1.165) is 0 Å². The van der Waals surface area contributed by atoms with Gasteiger partial charge in [0.15, 0.2) is 5.41 Å². The Morgan fingerprint density at radius 1 is 1.15 bits per heavy atom. The molecule has 0 aliphatic heterocycles. The highest BCUT2D eigenvalue weighted by Gasteiger charge is 2.59. The Morgan fingerprint density at radius 3 is 1.96 bits per heavy atom. The van der Waals surface area contributed by atoms with Crippen LogP contribution in [-0.2, 0) is 18.3 Å². The number of benzene rings is 1. The van der Waals surface area contributed by atoms with Crippen LogP contribution in [0.4, 0.5) is 0 Å². The van der Waals surface area contributed by atoms with Crippen molar-refractivity contribution < 1.29 is 23.1 Å². The highest BCUT2D eigenvalue weighted by molar-refractivity contribution is 7.54. The zero-order valence-electron chi connectivity index (χ0n) is 16.1. The first kappa shape index (κ1) is 22.6. The minimum Gasteiger partial charge on any atom is -0.465 e. The normalized spacial score (nSPS) is 13.1. The van der Waals surface area contributed by atoms with Crippen molar-refractivity contribution in [2.24, 2.45) is 10.8 Å². The largest absolute Gasteiger partial charge is 0.465 e. The van der Waals surface area contributed by atoms with Crippen LogP contribution in [0, 0.1) is 33.5 Å². The number of rotatable bonds is 8. The molecule has 7 nitrogen and oxygen atoms in total. The molecule has 0 spiro atoms. The van der Waals surface area contributed by atoms with Gasteiger partial charge in [-0.1, -0.05) is 32.1 Å². The molecule has 0 radical (unpaired) electrons. The molecule has 0 aliphatic rings. The quantitative estimate of drug-likeness (QED) is 0.371. The van der Waals surface area contributed by atoms with E-state index in [1.54, 1.807) is 13.8 Å². The number of esters is 1. The number of allylic oxidation sites excluding steroid dienone is 1. The van der Waals surface area contributed by atoms with Crippen molar-refractivity contribution in [1.29, 1.82) is 10.5 Å². The molecule has 0 N–H and O–H groups in total. The monoisotopic (exact) mass is 390 g/mol. The highest BCUT2D eigenvalue weighted by atomic mass is 31.2. The van der Waals surface area contributed by atoms with E-state index < -0.39 is 30.1 Å². The van der Waals surface area contributed by atoms with Gasteiger partial charge in [-0.25, -0.2) is 4.79 Å². The van der Waals surface area contributed by atoms with Crippen LogP contribution in [0.25, 0.3) is 0 Å². The van der Waals surface area contributed by atoms with Crippen LogP contribution in [0.5, 0.6) is 0 Å². The van der Waals surface area contributed by atoms with Crippen LogP contribution in [0.15, 0.2) is 36.9 Å². The summed E-state index contributed by atoms with van der Waals surface area (Å²) in [6.45, 7) is 7.02. The van der Waals surface area contributed by atoms with Gasteiger partial charge in [0, 0.05) is 19.6 Å². The van der Waals surface area contributed by atoms with Gasteiger partial charge in [-0.05, 0) is 17.7 Å². The Bertz CT molecular complexity index is 811. The number of hydrogen-bond acceptors (Lipinski definition) is 7. The zero-order valence-corrected chi connectivity index (χ0v) is 16.9. The summed E-state index contributed by atoms with van der Waals surface area (Å²) in [5, 5.41) is 20.0. The van der Waals surface area contributed by atoms with Crippen LogP contribution in [-0.4, -0.2) is 27.3 Å². The van der Waals surface area contributed by atoms with E-state index >= 15 is 0 Å². The van der Waals surface area contributed by atoms with E-state index in [-0.39, 0.29) is 5.56 Å². The number of hydrogen-bond donors (Lipinski definition) is 0. The first-order chi connectivity index (χ1) is 12.6. The molecular weight excluding hydrogens is 367 g/mol. The molecule has 1 aromatic rings.